The Balaban J connectivity index is 2.41. The van der Waals surface area contributed by atoms with Gasteiger partial charge in [0.2, 0.25) is 0 Å². The Morgan fingerprint density at radius 3 is 3.08 bits per heavy atom. The van der Waals surface area contributed by atoms with Crippen LogP contribution in [0.4, 0.5) is 0 Å². The number of nitrogens with zero attached hydrogens (tertiary/aromatic N) is 1. The number of thiophene rings is 1. The van der Waals surface area contributed by atoms with Gasteiger partial charge in [-0.3, -0.25) is 0 Å². The molecule has 0 spiro atoms. The molecule has 0 saturated carbocycles. The van der Waals surface area contributed by atoms with Crippen LogP contribution < -0.4 is 0 Å². The number of hydrogen-bond donors (Lipinski definition) is 1. The Labute approximate surface area is 81.2 Å². The summed E-state index contributed by atoms with van der Waals surface area (Å²) in [7, 11) is 0. The second kappa shape index (κ2) is 5.70. The molecule has 1 unspecified atom stereocenters. The van der Waals surface area contributed by atoms with Gasteiger partial charge in [0.05, 0.1) is 6.61 Å². The third-order valence-electron chi connectivity index (χ3n) is 1.51. The lowest BCUT2D eigenvalue weighted by Gasteiger charge is -2.07. The number of hydrogen-bond acceptors (Lipinski definition) is 4. The molecule has 0 fully saturated rings. The van der Waals surface area contributed by atoms with E-state index in [9.17, 15) is 0 Å². The van der Waals surface area contributed by atoms with E-state index >= 15 is 0 Å². The van der Waals surface area contributed by atoms with Crippen molar-refractivity contribution >= 4 is 11.3 Å². The molecule has 0 aliphatic heterocycles. The van der Waals surface area contributed by atoms with E-state index in [4.69, 9.17) is 15.1 Å². The maximum Gasteiger partial charge on any atom is 0.178 e. The largest absolute Gasteiger partial charge is 0.396 e. The van der Waals surface area contributed by atoms with Crippen molar-refractivity contribution in [3.05, 3.63) is 22.4 Å². The van der Waals surface area contributed by atoms with Crippen molar-refractivity contribution in [1.82, 2.24) is 0 Å². The van der Waals surface area contributed by atoms with Crippen LogP contribution in [0.5, 0.6) is 0 Å². The summed E-state index contributed by atoms with van der Waals surface area (Å²) in [6.45, 7) is 0.523. The van der Waals surface area contributed by atoms with Crippen LogP contribution in [0.2, 0.25) is 0 Å². The highest BCUT2D eigenvalue weighted by Gasteiger charge is 2.10. The molecule has 1 rings (SSSR count). The molecule has 70 valence electrons. The van der Waals surface area contributed by atoms with Crippen molar-refractivity contribution in [1.29, 1.82) is 5.26 Å². The topological polar surface area (TPSA) is 53.2 Å². The van der Waals surface area contributed by atoms with E-state index in [0.717, 1.165) is 4.88 Å². The summed E-state index contributed by atoms with van der Waals surface area (Å²) in [5, 5.41) is 19.2. The molecule has 1 aromatic rings. The van der Waals surface area contributed by atoms with Gasteiger partial charge in [-0.15, -0.1) is 11.3 Å². The molecule has 1 aromatic heterocycles. The maximum atomic E-state index is 8.77. The molecule has 0 aliphatic rings. The predicted molar refractivity (Wildman–Crippen MR) is 50.3 cm³/mol. The third-order valence-corrected chi connectivity index (χ3v) is 2.42. The highest BCUT2D eigenvalue weighted by atomic mass is 32.1. The second-order valence-corrected chi connectivity index (χ2v) is 3.45. The van der Waals surface area contributed by atoms with E-state index < -0.39 is 6.10 Å². The van der Waals surface area contributed by atoms with Crippen LogP contribution in [0.25, 0.3) is 0 Å². The summed E-state index contributed by atoms with van der Waals surface area (Å²) in [6, 6.07) is 5.83. The van der Waals surface area contributed by atoms with Crippen molar-refractivity contribution in [3.8, 4) is 6.07 Å². The first-order valence-electron chi connectivity index (χ1n) is 4.04. The summed E-state index contributed by atoms with van der Waals surface area (Å²) >= 11 is 1.50. The predicted octanol–water partition coefficient (Wildman–Crippen LogP) is 1.71. The van der Waals surface area contributed by atoms with Gasteiger partial charge in [0.25, 0.3) is 0 Å². The fraction of sp³-hybridized carbons (Fsp3) is 0.444. The van der Waals surface area contributed by atoms with Gasteiger partial charge in [-0.2, -0.15) is 5.26 Å². The van der Waals surface area contributed by atoms with Gasteiger partial charge in [-0.25, -0.2) is 0 Å². The van der Waals surface area contributed by atoms with Gasteiger partial charge in [0, 0.05) is 11.5 Å². The first-order chi connectivity index (χ1) is 6.38. The van der Waals surface area contributed by atoms with Crippen LogP contribution in [0.1, 0.15) is 17.4 Å². The molecule has 3 nitrogen and oxygen atoms in total. The van der Waals surface area contributed by atoms with E-state index in [1.807, 2.05) is 17.5 Å². The molecule has 0 radical (unpaired) electrons. The van der Waals surface area contributed by atoms with Crippen LogP contribution >= 0.6 is 11.3 Å². The van der Waals surface area contributed by atoms with E-state index in [0.29, 0.717) is 13.0 Å². The van der Waals surface area contributed by atoms with Crippen LogP contribution in [0.3, 0.4) is 0 Å². The average Bonchev–Trinajstić information content (AvgIpc) is 2.65. The van der Waals surface area contributed by atoms with Gasteiger partial charge >= 0.3 is 0 Å². The minimum Gasteiger partial charge on any atom is -0.396 e. The summed E-state index contributed by atoms with van der Waals surface area (Å²) < 4.78 is 5.27. The maximum absolute atomic E-state index is 8.77. The van der Waals surface area contributed by atoms with Crippen LogP contribution in [0.15, 0.2) is 17.5 Å². The van der Waals surface area contributed by atoms with E-state index in [1.165, 1.54) is 11.3 Å². The number of aliphatic hydroxyl groups excluding tert-OH is 1. The van der Waals surface area contributed by atoms with Crippen molar-refractivity contribution in [3.63, 3.8) is 0 Å². The Hall–Kier alpha value is -0.890. The van der Waals surface area contributed by atoms with E-state index in [1.54, 1.807) is 0 Å². The van der Waals surface area contributed by atoms with Gasteiger partial charge in [0.1, 0.15) is 6.07 Å². The fourth-order valence-electron chi connectivity index (χ4n) is 0.889. The monoisotopic (exact) mass is 197 g/mol. The molecule has 4 heteroatoms. The molecule has 1 N–H and O–H groups in total. The highest BCUT2D eigenvalue weighted by Crippen LogP contribution is 2.21. The molecule has 0 bridgehead atoms. The zero-order valence-electron chi connectivity index (χ0n) is 7.14. The van der Waals surface area contributed by atoms with E-state index in [-0.39, 0.29) is 6.61 Å². The Kier molecular flexibility index (Phi) is 4.47. The van der Waals surface area contributed by atoms with Gasteiger partial charge < -0.3 is 9.84 Å². The molecule has 0 saturated heterocycles. The Morgan fingerprint density at radius 1 is 1.69 bits per heavy atom. The summed E-state index contributed by atoms with van der Waals surface area (Å²) in [6.07, 6.45) is 0.0929. The zero-order valence-corrected chi connectivity index (χ0v) is 7.96. The van der Waals surface area contributed by atoms with Crippen LogP contribution in [-0.4, -0.2) is 18.3 Å². The van der Waals surface area contributed by atoms with Gasteiger partial charge in [-0.1, -0.05) is 6.07 Å². The van der Waals surface area contributed by atoms with Crippen LogP contribution in [-0.2, 0) is 4.74 Å². The lowest BCUT2D eigenvalue weighted by atomic mass is 10.3. The summed E-state index contributed by atoms with van der Waals surface area (Å²) in [5.41, 5.74) is 0. The number of ether oxygens (including phenoxy) is 1. The first-order valence-corrected chi connectivity index (χ1v) is 4.92. The molecule has 1 atom stereocenters. The van der Waals surface area contributed by atoms with Gasteiger partial charge in [0.15, 0.2) is 6.10 Å². The fourth-order valence-corrected chi connectivity index (χ4v) is 1.60. The molecule has 13 heavy (non-hydrogen) atoms. The van der Waals surface area contributed by atoms with Crippen LogP contribution in [0, 0.1) is 11.3 Å². The molecular weight excluding hydrogens is 186 g/mol. The van der Waals surface area contributed by atoms with Crippen molar-refractivity contribution in [2.75, 3.05) is 13.2 Å². The third kappa shape index (κ3) is 3.15. The molecule has 0 aromatic carbocycles. The Bertz CT molecular complexity index is 266. The number of rotatable bonds is 5. The quantitative estimate of drug-likeness (QED) is 0.731. The van der Waals surface area contributed by atoms with Gasteiger partial charge in [-0.05, 0) is 17.9 Å². The van der Waals surface area contributed by atoms with Crippen molar-refractivity contribution in [2.45, 2.75) is 12.5 Å². The summed E-state index contributed by atoms with van der Waals surface area (Å²) in [5.74, 6) is 0. The second-order valence-electron chi connectivity index (χ2n) is 2.47. The number of aliphatic hydroxyl groups is 1. The molecule has 0 aliphatic carbocycles. The minimum absolute atomic E-state index is 0.0998. The SMILES string of the molecule is N#CC(OCCCO)c1cccs1. The molecule has 0 amide bonds. The summed E-state index contributed by atoms with van der Waals surface area (Å²) in [4.78, 5) is 0.917. The van der Waals surface area contributed by atoms with E-state index in [2.05, 4.69) is 6.07 Å². The lowest BCUT2D eigenvalue weighted by molar-refractivity contribution is 0.0794. The first kappa shape index (κ1) is 10.2. The van der Waals surface area contributed by atoms with Crippen molar-refractivity contribution in [2.24, 2.45) is 0 Å². The molecular formula is C9H11NO2S. The highest BCUT2D eigenvalue weighted by molar-refractivity contribution is 7.10. The standard InChI is InChI=1S/C9H11NO2S/c10-7-8(12-5-2-4-11)9-3-1-6-13-9/h1,3,6,8,11H,2,4-5H2. The minimum atomic E-state index is -0.480. The Morgan fingerprint density at radius 2 is 2.54 bits per heavy atom. The molecule has 1 heterocycles. The smallest absolute Gasteiger partial charge is 0.178 e. The lowest BCUT2D eigenvalue weighted by Crippen LogP contribution is -2.02. The normalized spacial score (nSPS) is 12.3. The zero-order chi connectivity index (χ0) is 9.52. The average molecular weight is 197 g/mol. The van der Waals surface area contributed by atoms with Crippen molar-refractivity contribution < 1.29 is 9.84 Å². The number of nitriles is 1.